The molecule has 2 aromatic carbocycles. The van der Waals surface area contributed by atoms with Crippen LogP contribution in [0.1, 0.15) is 22.5 Å². The minimum Gasteiger partial charge on any atom is -0.497 e. The second-order valence-corrected chi connectivity index (χ2v) is 5.94. The molecule has 1 heterocycles. The lowest BCUT2D eigenvalue weighted by Crippen LogP contribution is -2.10. The zero-order valence-electron chi connectivity index (χ0n) is 14.9. The summed E-state index contributed by atoms with van der Waals surface area (Å²) in [4.78, 5) is 8.95. The molecule has 0 aliphatic carbocycles. The van der Waals surface area contributed by atoms with E-state index in [0.29, 0.717) is 12.8 Å². The van der Waals surface area contributed by atoms with E-state index in [-0.39, 0.29) is 11.6 Å². The number of ether oxygens (including phenoxy) is 2. The van der Waals surface area contributed by atoms with Crippen molar-refractivity contribution in [3.05, 3.63) is 71.0 Å². The number of nitrogens with zero attached hydrogens (tertiary/aromatic N) is 2. The fraction of sp³-hybridized carbons (Fsp3) is 0.200. The largest absolute Gasteiger partial charge is 0.497 e. The normalized spacial score (nSPS) is 10.5. The molecular formula is C20H22N4O2. The summed E-state index contributed by atoms with van der Waals surface area (Å²) in [5.41, 5.74) is 15.6. The van der Waals surface area contributed by atoms with Gasteiger partial charge in [-0.2, -0.15) is 0 Å². The Hall–Kier alpha value is -3.28. The molecule has 4 N–H and O–H groups in total. The van der Waals surface area contributed by atoms with Gasteiger partial charge in [0.05, 0.1) is 25.6 Å². The van der Waals surface area contributed by atoms with Crippen molar-refractivity contribution in [3.8, 4) is 11.5 Å². The highest BCUT2D eigenvalue weighted by Gasteiger charge is 2.12. The van der Waals surface area contributed by atoms with E-state index in [2.05, 4.69) is 9.97 Å². The summed E-state index contributed by atoms with van der Waals surface area (Å²) in [6.07, 6.45) is 1.24. The second-order valence-electron chi connectivity index (χ2n) is 5.94. The maximum Gasteiger partial charge on any atom is 0.166 e. The average molecular weight is 350 g/mol. The Morgan fingerprint density at radius 1 is 0.654 bits per heavy atom. The Balaban J connectivity index is 1.88. The number of methoxy groups -OCH3 is 2. The molecule has 0 saturated carbocycles. The Morgan fingerprint density at radius 2 is 1.00 bits per heavy atom. The zero-order valence-corrected chi connectivity index (χ0v) is 14.9. The summed E-state index contributed by atoms with van der Waals surface area (Å²) < 4.78 is 10.4. The van der Waals surface area contributed by atoms with Gasteiger partial charge in [-0.3, -0.25) is 0 Å². The summed E-state index contributed by atoms with van der Waals surface area (Å²) in [6.45, 7) is 0. The molecule has 26 heavy (non-hydrogen) atoms. The van der Waals surface area contributed by atoms with E-state index in [1.54, 1.807) is 14.2 Å². The third-order valence-electron chi connectivity index (χ3n) is 4.17. The molecule has 6 nitrogen and oxygen atoms in total. The van der Waals surface area contributed by atoms with E-state index in [0.717, 1.165) is 34.0 Å². The predicted octanol–water partition coefficient (Wildman–Crippen LogP) is 2.84. The monoisotopic (exact) mass is 350 g/mol. The highest BCUT2D eigenvalue weighted by atomic mass is 16.5. The Bertz CT molecular complexity index is 803. The van der Waals surface area contributed by atoms with Crippen molar-refractivity contribution < 1.29 is 9.47 Å². The zero-order chi connectivity index (χ0) is 18.5. The van der Waals surface area contributed by atoms with Gasteiger partial charge in [0.15, 0.2) is 11.6 Å². The van der Waals surface area contributed by atoms with Crippen molar-refractivity contribution >= 4 is 11.6 Å². The number of nitrogens with two attached hydrogens (primary N) is 2. The van der Waals surface area contributed by atoms with Crippen molar-refractivity contribution in [1.82, 2.24) is 9.97 Å². The lowest BCUT2D eigenvalue weighted by molar-refractivity contribution is 0.414. The molecule has 0 fully saturated rings. The number of anilines is 2. The number of nitrogen functional groups attached to an aromatic ring is 2. The number of hydrogen-bond donors (Lipinski definition) is 2. The third-order valence-corrected chi connectivity index (χ3v) is 4.17. The van der Waals surface area contributed by atoms with E-state index in [9.17, 15) is 0 Å². The topological polar surface area (TPSA) is 96.3 Å². The molecule has 0 amide bonds. The van der Waals surface area contributed by atoms with Crippen LogP contribution in [0.4, 0.5) is 11.6 Å². The molecule has 0 aliphatic rings. The molecule has 0 bridgehead atoms. The van der Waals surface area contributed by atoms with Crippen LogP contribution in [-0.2, 0) is 12.8 Å². The van der Waals surface area contributed by atoms with Gasteiger partial charge in [-0.15, -0.1) is 0 Å². The third kappa shape index (κ3) is 4.03. The van der Waals surface area contributed by atoms with Gasteiger partial charge in [-0.05, 0) is 35.4 Å². The molecule has 6 heteroatoms. The number of benzene rings is 2. The van der Waals surface area contributed by atoms with E-state index < -0.39 is 0 Å². The summed E-state index contributed by atoms with van der Waals surface area (Å²) >= 11 is 0. The van der Waals surface area contributed by atoms with Crippen LogP contribution < -0.4 is 20.9 Å². The van der Waals surface area contributed by atoms with Crippen LogP contribution in [0.3, 0.4) is 0 Å². The van der Waals surface area contributed by atoms with Crippen LogP contribution in [0, 0.1) is 0 Å². The van der Waals surface area contributed by atoms with Gasteiger partial charge >= 0.3 is 0 Å². The minimum absolute atomic E-state index is 0.256. The van der Waals surface area contributed by atoms with Crippen molar-refractivity contribution in [2.45, 2.75) is 12.8 Å². The standard InChI is InChI=1S/C20H22N4O2/c1-25-15-7-3-13(4-8-15)11-17-18(24-20(22)19(21)23-17)12-14-5-9-16(26-2)10-6-14/h3-10H,11-12H2,1-2H3,(H2,21,23)(H2,22,24). The van der Waals surface area contributed by atoms with Gasteiger partial charge in [-0.25, -0.2) is 9.97 Å². The molecule has 3 rings (SSSR count). The van der Waals surface area contributed by atoms with Crippen LogP contribution in [0.2, 0.25) is 0 Å². The van der Waals surface area contributed by atoms with Crippen LogP contribution >= 0.6 is 0 Å². The van der Waals surface area contributed by atoms with Gasteiger partial charge in [-0.1, -0.05) is 24.3 Å². The molecule has 0 radical (unpaired) electrons. The SMILES string of the molecule is COc1ccc(Cc2nc(N)c(N)nc2Cc2ccc(OC)cc2)cc1. The van der Waals surface area contributed by atoms with Crippen molar-refractivity contribution in [2.24, 2.45) is 0 Å². The maximum absolute atomic E-state index is 5.88. The lowest BCUT2D eigenvalue weighted by atomic mass is 10.0. The van der Waals surface area contributed by atoms with Crippen molar-refractivity contribution in [2.75, 3.05) is 25.7 Å². The molecule has 0 atom stereocenters. The lowest BCUT2D eigenvalue weighted by Gasteiger charge is -2.12. The molecule has 0 saturated heterocycles. The number of hydrogen-bond acceptors (Lipinski definition) is 6. The van der Waals surface area contributed by atoms with Crippen LogP contribution in [-0.4, -0.2) is 24.2 Å². The highest BCUT2D eigenvalue weighted by Crippen LogP contribution is 2.21. The highest BCUT2D eigenvalue weighted by molar-refractivity contribution is 5.53. The van der Waals surface area contributed by atoms with Crippen LogP contribution in [0.25, 0.3) is 0 Å². The van der Waals surface area contributed by atoms with Gasteiger partial charge < -0.3 is 20.9 Å². The van der Waals surface area contributed by atoms with E-state index in [1.807, 2.05) is 48.5 Å². The van der Waals surface area contributed by atoms with E-state index in [4.69, 9.17) is 20.9 Å². The summed E-state index contributed by atoms with van der Waals surface area (Å²) in [5, 5.41) is 0. The summed E-state index contributed by atoms with van der Waals surface area (Å²) in [6, 6.07) is 15.7. The smallest absolute Gasteiger partial charge is 0.166 e. The first-order valence-electron chi connectivity index (χ1n) is 8.25. The fourth-order valence-electron chi connectivity index (χ4n) is 2.69. The Labute approximate surface area is 152 Å². The van der Waals surface area contributed by atoms with E-state index >= 15 is 0 Å². The first-order chi connectivity index (χ1) is 12.6. The van der Waals surface area contributed by atoms with Gasteiger partial charge in [0.1, 0.15) is 11.5 Å². The Kier molecular flexibility index (Phi) is 5.22. The molecule has 0 unspecified atom stereocenters. The molecule has 0 aliphatic heterocycles. The predicted molar refractivity (Wildman–Crippen MR) is 102 cm³/mol. The molecule has 1 aromatic heterocycles. The fourth-order valence-corrected chi connectivity index (χ4v) is 2.69. The second kappa shape index (κ2) is 7.74. The van der Waals surface area contributed by atoms with Crippen LogP contribution in [0.5, 0.6) is 11.5 Å². The van der Waals surface area contributed by atoms with Crippen LogP contribution in [0.15, 0.2) is 48.5 Å². The molecule has 3 aromatic rings. The average Bonchev–Trinajstić information content (AvgIpc) is 2.67. The molecule has 134 valence electrons. The molecular weight excluding hydrogens is 328 g/mol. The quantitative estimate of drug-likeness (QED) is 0.710. The first-order valence-corrected chi connectivity index (χ1v) is 8.25. The van der Waals surface area contributed by atoms with Crippen molar-refractivity contribution in [3.63, 3.8) is 0 Å². The first kappa shape index (κ1) is 17.5. The van der Waals surface area contributed by atoms with Gasteiger partial charge in [0.2, 0.25) is 0 Å². The van der Waals surface area contributed by atoms with Crippen molar-refractivity contribution in [1.29, 1.82) is 0 Å². The number of aromatic nitrogens is 2. The summed E-state index contributed by atoms with van der Waals surface area (Å²) in [7, 11) is 3.29. The van der Waals surface area contributed by atoms with Gasteiger partial charge in [0, 0.05) is 12.8 Å². The summed E-state index contributed by atoms with van der Waals surface area (Å²) in [5.74, 6) is 2.14. The minimum atomic E-state index is 0.256. The Morgan fingerprint density at radius 3 is 1.31 bits per heavy atom. The maximum atomic E-state index is 5.88. The van der Waals surface area contributed by atoms with E-state index in [1.165, 1.54) is 0 Å². The molecule has 0 spiro atoms. The van der Waals surface area contributed by atoms with Gasteiger partial charge in [0.25, 0.3) is 0 Å². The number of rotatable bonds is 6.